The van der Waals surface area contributed by atoms with Crippen LogP contribution < -0.4 is 0 Å². The average molecular weight is 236 g/mol. The third-order valence-electron chi connectivity index (χ3n) is 3.15. The highest BCUT2D eigenvalue weighted by molar-refractivity contribution is 5.91. The van der Waals surface area contributed by atoms with Crippen molar-refractivity contribution in [3.8, 4) is 0 Å². The zero-order chi connectivity index (χ0) is 12.3. The van der Waals surface area contributed by atoms with Crippen molar-refractivity contribution >= 4 is 5.91 Å². The fraction of sp³-hybridized carbons (Fsp3) is 0.615. The van der Waals surface area contributed by atoms with Crippen LogP contribution in [0.3, 0.4) is 0 Å². The van der Waals surface area contributed by atoms with Crippen LogP contribution in [0, 0.1) is 6.92 Å². The second kappa shape index (κ2) is 5.36. The SMILES string of the molecule is CCCN1CCN(C(=O)c2ccc(C)o2)CC1. The van der Waals surface area contributed by atoms with Gasteiger partial charge in [-0.1, -0.05) is 6.92 Å². The Morgan fingerprint density at radius 3 is 2.53 bits per heavy atom. The third-order valence-corrected chi connectivity index (χ3v) is 3.15. The molecular weight excluding hydrogens is 216 g/mol. The molecule has 0 radical (unpaired) electrons. The summed E-state index contributed by atoms with van der Waals surface area (Å²) >= 11 is 0. The second-order valence-corrected chi connectivity index (χ2v) is 4.54. The summed E-state index contributed by atoms with van der Waals surface area (Å²) in [4.78, 5) is 16.4. The van der Waals surface area contributed by atoms with E-state index in [1.807, 2.05) is 17.9 Å². The van der Waals surface area contributed by atoms with Gasteiger partial charge in [-0.3, -0.25) is 9.69 Å². The molecule has 0 bridgehead atoms. The van der Waals surface area contributed by atoms with Gasteiger partial charge in [0.15, 0.2) is 5.76 Å². The Hall–Kier alpha value is -1.29. The van der Waals surface area contributed by atoms with Crippen molar-refractivity contribution in [2.24, 2.45) is 0 Å². The van der Waals surface area contributed by atoms with Gasteiger partial charge in [-0.05, 0) is 32.0 Å². The summed E-state index contributed by atoms with van der Waals surface area (Å²) in [5.41, 5.74) is 0. The Kier molecular flexibility index (Phi) is 3.84. The topological polar surface area (TPSA) is 36.7 Å². The van der Waals surface area contributed by atoms with Gasteiger partial charge in [-0.2, -0.15) is 0 Å². The molecule has 0 atom stereocenters. The molecule has 4 heteroatoms. The van der Waals surface area contributed by atoms with Gasteiger partial charge in [0, 0.05) is 26.2 Å². The number of hydrogen-bond donors (Lipinski definition) is 0. The molecule has 1 aliphatic rings. The van der Waals surface area contributed by atoms with Gasteiger partial charge in [-0.25, -0.2) is 0 Å². The van der Waals surface area contributed by atoms with Gasteiger partial charge in [0.05, 0.1) is 0 Å². The molecule has 0 aliphatic carbocycles. The van der Waals surface area contributed by atoms with Gasteiger partial charge < -0.3 is 9.32 Å². The Morgan fingerprint density at radius 2 is 2.00 bits per heavy atom. The third kappa shape index (κ3) is 2.88. The molecule has 94 valence electrons. The molecule has 0 aromatic carbocycles. The monoisotopic (exact) mass is 236 g/mol. The molecule has 0 unspecified atom stereocenters. The molecule has 1 aromatic rings. The van der Waals surface area contributed by atoms with Crippen LogP contribution in [0.15, 0.2) is 16.5 Å². The number of carbonyl (C=O) groups is 1. The van der Waals surface area contributed by atoms with Crippen LogP contribution in [0.5, 0.6) is 0 Å². The summed E-state index contributed by atoms with van der Waals surface area (Å²) in [5, 5.41) is 0. The van der Waals surface area contributed by atoms with Crippen LogP contribution in [0.4, 0.5) is 0 Å². The predicted octanol–water partition coefficient (Wildman–Crippen LogP) is 1.76. The van der Waals surface area contributed by atoms with E-state index < -0.39 is 0 Å². The predicted molar refractivity (Wildman–Crippen MR) is 66.1 cm³/mol. The number of aryl methyl sites for hydroxylation is 1. The first-order valence-corrected chi connectivity index (χ1v) is 6.28. The van der Waals surface area contributed by atoms with E-state index in [9.17, 15) is 4.79 Å². The second-order valence-electron chi connectivity index (χ2n) is 4.54. The zero-order valence-electron chi connectivity index (χ0n) is 10.6. The van der Waals surface area contributed by atoms with Crippen LogP contribution in [0.1, 0.15) is 29.7 Å². The number of rotatable bonds is 3. The van der Waals surface area contributed by atoms with Crippen molar-refractivity contribution in [1.29, 1.82) is 0 Å². The van der Waals surface area contributed by atoms with Gasteiger partial charge in [0.25, 0.3) is 5.91 Å². The van der Waals surface area contributed by atoms with Crippen molar-refractivity contribution in [3.63, 3.8) is 0 Å². The molecule has 1 fully saturated rings. The van der Waals surface area contributed by atoms with E-state index in [2.05, 4.69) is 11.8 Å². The number of piperazine rings is 1. The van der Waals surface area contributed by atoms with E-state index in [0.717, 1.165) is 38.5 Å². The highest BCUT2D eigenvalue weighted by atomic mass is 16.3. The van der Waals surface area contributed by atoms with Gasteiger partial charge in [-0.15, -0.1) is 0 Å². The Balaban J connectivity index is 1.90. The summed E-state index contributed by atoms with van der Waals surface area (Å²) < 4.78 is 5.37. The van der Waals surface area contributed by atoms with Crippen molar-refractivity contribution in [2.75, 3.05) is 32.7 Å². The molecule has 1 aliphatic heterocycles. The average Bonchev–Trinajstić information content (AvgIpc) is 2.76. The minimum Gasteiger partial charge on any atom is -0.456 e. The van der Waals surface area contributed by atoms with Crippen LogP contribution in [-0.2, 0) is 0 Å². The van der Waals surface area contributed by atoms with Gasteiger partial charge in [0.2, 0.25) is 0 Å². The zero-order valence-corrected chi connectivity index (χ0v) is 10.6. The van der Waals surface area contributed by atoms with Crippen LogP contribution in [0.25, 0.3) is 0 Å². The van der Waals surface area contributed by atoms with E-state index in [-0.39, 0.29) is 5.91 Å². The summed E-state index contributed by atoms with van der Waals surface area (Å²) in [5.74, 6) is 1.28. The molecular formula is C13H20N2O2. The summed E-state index contributed by atoms with van der Waals surface area (Å²) in [6.07, 6.45) is 1.17. The van der Waals surface area contributed by atoms with E-state index >= 15 is 0 Å². The number of nitrogens with zero attached hydrogens (tertiary/aromatic N) is 2. The highest BCUT2D eigenvalue weighted by Crippen LogP contribution is 2.12. The molecule has 2 heterocycles. The van der Waals surface area contributed by atoms with E-state index in [1.165, 1.54) is 6.42 Å². The minimum atomic E-state index is 0.0225. The molecule has 2 rings (SSSR count). The smallest absolute Gasteiger partial charge is 0.289 e. The lowest BCUT2D eigenvalue weighted by atomic mass is 10.2. The van der Waals surface area contributed by atoms with E-state index in [4.69, 9.17) is 4.42 Å². The molecule has 4 nitrogen and oxygen atoms in total. The molecule has 0 N–H and O–H groups in total. The van der Waals surface area contributed by atoms with Crippen LogP contribution in [-0.4, -0.2) is 48.4 Å². The lowest BCUT2D eigenvalue weighted by Crippen LogP contribution is -2.48. The fourth-order valence-corrected chi connectivity index (χ4v) is 2.20. The number of furan rings is 1. The molecule has 1 aromatic heterocycles. The van der Waals surface area contributed by atoms with Crippen molar-refractivity contribution in [1.82, 2.24) is 9.80 Å². The largest absolute Gasteiger partial charge is 0.456 e. The lowest BCUT2D eigenvalue weighted by Gasteiger charge is -2.34. The quantitative estimate of drug-likeness (QED) is 0.802. The molecule has 1 saturated heterocycles. The first-order chi connectivity index (χ1) is 8.20. The van der Waals surface area contributed by atoms with Gasteiger partial charge >= 0.3 is 0 Å². The summed E-state index contributed by atoms with van der Waals surface area (Å²) in [7, 11) is 0. The first-order valence-electron chi connectivity index (χ1n) is 6.28. The maximum Gasteiger partial charge on any atom is 0.289 e. The Morgan fingerprint density at radius 1 is 1.29 bits per heavy atom. The van der Waals surface area contributed by atoms with Gasteiger partial charge in [0.1, 0.15) is 5.76 Å². The Labute approximate surface area is 102 Å². The standard InChI is InChI=1S/C13H20N2O2/c1-3-6-14-7-9-15(10-8-14)13(16)12-5-4-11(2)17-12/h4-5H,3,6-10H2,1-2H3. The fourth-order valence-electron chi connectivity index (χ4n) is 2.20. The molecule has 1 amide bonds. The first kappa shape index (κ1) is 12.2. The van der Waals surface area contributed by atoms with E-state index in [0.29, 0.717) is 5.76 Å². The maximum atomic E-state index is 12.1. The molecule has 0 spiro atoms. The highest BCUT2D eigenvalue weighted by Gasteiger charge is 2.23. The Bertz CT molecular complexity index is 379. The van der Waals surface area contributed by atoms with Crippen molar-refractivity contribution in [2.45, 2.75) is 20.3 Å². The number of amides is 1. The summed E-state index contributed by atoms with van der Waals surface area (Å²) in [6.45, 7) is 8.72. The summed E-state index contributed by atoms with van der Waals surface area (Å²) in [6, 6.07) is 3.59. The molecule has 17 heavy (non-hydrogen) atoms. The number of carbonyl (C=O) groups excluding carboxylic acids is 1. The number of hydrogen-bond acceptors (Lipinski definition) is 3. The minimum absolute atomic E-state index is 0.0225. The maximum absolute atomic E-state index is 12.1. The van der Waals surface area contributed by atoms with Crippen molar-refractivity contribution in [3.05, 3.63) is 23.7 Å². The lowest BCUT2D eigenvalue weighted by molar-refractivity contribution is 0.0605. The van der Waals surface area contributed by atoms with Crippen molar-refractivity contribution < 1.29 is 9.21 Å². The van der Waals surface area contributed by atoms with Crippen LogP contribution >= 0.6 is 0 Å². The van der Waals surface area contributed by atoms with Crippen LogP contribution in [0.2, 0.25) is 0 Å². The molecule has 0 saturated carbocycles. The normalized spacial score (nSPS) is 17.4. The van der Waals surface area contributed by atoms with E-state index in [1.54, 1.807) is 6.07 Å².